The molecule has 0 amide bonds. The lowest BCUT2D eigenvalue weighted by atomic mass is 10.0. The highest BCUT2D eigenvalue weighted by Crippen LogP contribution is 2.14. The predicted molar refractivity (Wildman–Crippen MR) is 57.9 cm³/mol. The van der Waals surface area contributed by atoms with Crippen LogP contribution in [-0.2, 0) is 0 Å². The number of halogens is 1. The van der Waals surface area contributed by atoms with Crippen molar-refractivity contribution in [1.29, 1.82) is 0 Å². The molecule has 0 aliphatic carbocycles. The van der Waals surface area contributed by atoms with Gasteiger partial charge < -0.3 is 0 Å². The first-order valence-electron chi connectivity index (χ1n) is 5.30. The van der Waals surface area contributed by atoms with E-state index in [4.69, 9.17) is 11.6 Å². The summed E-state index contributed by atoms with van der Waals surface area (Å²) >= 11 is 5.85. The maximum Gasteiger partial charge on any atom is 0.0307 e. The van der Waals surface area contributed by atoms with E-state index in [0.717, 1.165) is 5.92 Å². The average Bonchev–Trinajstić information content (AvgIpc) is 2.03. The van der Waals surface area contributed by atoms with Crippen LogP contribution in [0.2, 0.25) is 0 Å². The molecule has 0 N–H and O–H groups in total. The Morgan fingerprint density at radius 1 is 1.00 bits per heavy atom. The van der Waals surface area contributed by atoms with Crippen molar-refractivity contribution >= 4 is 11.6 Å². The van der Waals surface area contributed by atoms with Gasteiger partial charge in [-0.05, 0) is 19.3 Å². The molecule has 0 aromatic carbocycles. The molecule has 0 bridgehead atoms. The van der Waals surface area contributed by atoms with E-state index in [1.54, 1.807) is 0 Å². The Morgan fingerprint density at radius 2 is 1.58 bits per heavy atom. The molecule has 0 nitrogen and oxygen atoms in total. The lowest BCUT2D eigenvalue weighted by Crippen LogP contribution is -1.93. The maximum atomic E-state index is 5.85. The minimum Gasteiger partial charge on any atom is -0.123 e. The summed E-state index contributed by atoms with van der Waals surface area (Å²) in [5, 5.41) is 0.369. The normalized spacial score (nSPS) is 16.0. The summed E-state index contributed by atoms with van der Waals surface area (Å²) in [5.41, 5.74) is 0. The molecule has 0 aliphatic heterocycles. The van der Waals surface area contributed by atoms with E-state index < -0.39 is 0 Å². The highest BCUT2D eigenvalue weighted by atomic mass is 35.5. The van der Waals surface area contributed by atoms with E-state index in [0.29, 0.717) is 5.38 Å². The van der Waals surface area contributed by atoms with Gasteiger partial charge in [0.1, 0.15) is 0 Å². The topological polar surface area (TPSA) is 0 Å². The second kappa shape index (κ2) is 7.91. The molecule has 0 heterocycles. The molecule has 0 aromatic rings. The molecule has 2 unspecified atom stereocenters. The van der Waals surface area contributed by atoms with Crippen LogP contribution in [-0.4, -0.2) is 5.38 Å². The van der Waals surface area contributed by atoms with Crippen LogP contribution in [0.4, 0.5) is 0 Å². The lowest BCUT2D eigenvalue weighted by Gasteiger charge is -2.07. The molecular formula is C11H23Cl. The fourth-order valence-corrected chi connectivity index (χ4v) is 1.45. The molecule has 12 heavy (non-hydrogen) atoms. The van der Waals surface area contributed by atoms with Crippen molar-refractivity contribution in [1.82, 2.24) is 0 Å². The van der Waals surface area contributed by atoms with Crippen molar-refractivity contribution < 1.29 is 0 Å². The van der Waals surface area contributed by atoms with Gasteiger partial charge in [0.2, 0.25) is 0 Å². The third-order valence-corrected chi connectivity index (χ3v) is 2.71. The highest BCUT2D eigenvalue weighted by Gasteiger charge is 1.99. The molecule has 0 saturated carbocycles. The molecular weight excluding hydrogens is 168 g/mol. The molecule has 0 fully saturated rings. The van der Waals surface area contributed by atoms with E-state index in [1.807, 2.05) is 0 Å². The van der Waals surface area contributed by atoms with Crippen molar-refractivity contribution in [3.05, 3.63) is 0 Å². The van der Waals surface area contributed by atoms with Gasteiger partial charge in [-0.3, -0.25) is 0 Å². The van der Waals surface area contributed by atoms with Gasteiger partial charge >= 0.3 is 0 Å². The van der Waals surface area contributed by atoms with E-state index in [9.17, 15) is 0 Å². The summed E-state index contributed by atoms with van der Waals surface area (Å²) in [6.07, 6.45) is 7.96. The number of hydrogen-bond donors (Lipinski definition) is 0. The SMILES string of the molecule is CCC(C)CCCCCC(C)Cl. The zero-order chi connectivity index (χ0) is 9.40. The summed E-state index contributed by atoms with van der Waals surface area (Å²) in [7, 11) is 0. The van der Waals surface area contributed by atoms with Crippen molar-refractivity contribution in [3.63, 3.8) is 0 Å². The van der Waals surface area contributed by atoms with Crippen molar-refractivity contribution in [2.75, 3.05) is 0 Å². The van der Waals surface area contributed by atoms with Gasteiger partial charge in [0.05, 0.1) is 0 Å². The summed E-state index contributed by atoms with van der Waals surface area (Å²) in [4.78, 5) is 0. The quantitative estimate of drug-likeness (QED) is 0.406. The Labute approximate surface area is 82.7 Å². The standard InChI is InChI=1S/C11H23Cl/c1-4-10(2)8-6-5-7-9-11(3)12/h10-11H,4-9H2,1-3H3. The maximum absolute atomic E-state index is 5.85. The fourth-order valence-electron chi connectivity index (χ4n) is 1.30. The van der Waals surface area contributed by atoms with Crippen LogP contribution in [0.5, 0.6) is 0 Å². The zero-order valence-corrected chi connectivity index (χ0v) is 9.53. The smallest absolute Gasteiger partial charge is 0.0307 e. The Morgan fingerprint density at radius 3 is 2.08 bits per heavy atom. The van der Waals surface area contributed by atoms with Crippen molar-refractivity contribution in [3.8, 4) is 0 Å². The zero-order valence-electron chi connectivity index (χ0n) is 8.78. The van der Waals surface area contributed by atoms with E-state index in [-0.39, 0.29) is 0 Å². The van der Waals surface area contributed by atoms with E-state index in [1.165, 1.54) is 38.5 Å². The Bertz CT molecular complexity index is 89.0. The third kappa shape index (κ3) is 8.39. The number of rotatable bonds is 7. The Balaban J connectivity index is 3.00. The monoisotopic (exact) mass is 190 g/mol. The largest absolute Gasteiger partial charge is 0.123 e. The van der Waals surface area contributed by atoms with Gasteiger partial charge in [0.25, 0.3) is 0 Å². The second-order valence-electron chi connectivity index (χ2n) is 3.93. The van der Waals surface area contributed by atoms with Crippen LogP contribution in [0.3, 0.4) is 0 Å². The molecule has 1 heteroatoms. The van der Waals surface area contributed by atoms with Crippen LogP contribution in [0.15, 0.2) is 0 Å². The molecule has 0 saturated heterocycles. The minimum absolute atomic E-state index is 0.369. The summed E-state index contributed by atoms with van der Waals surface area (Å²) < 4.78 is 0. The third-order valence-electron chi connectivity index (χ3n) is 2.50. The number of alkyl halides is 1. The second-order valence-corrected chi connectivity index (χ2v) is 4.68. The van der Waals surface area contributed by atoms with E-state index >= 15 is 0 Å². The van der Waals surface area contributed by atoms with Crippen LogP contribution >= 0.6 is 11.6 Å². The predicted octanol–water partition coefficient (Wildman–Crippen LogP) is 4.61. The molecule has 74 valence electrons. The lowest BCUT2D eigenvalue weighted by molar-refractivity contribution is 0.474. The summed E-state index contributed by atoms with van der Waals surface area (Å²) in [6.45, 7) is 6.69. The first kappa shape index (κ1) is 12.3. The van der Waals surface area contributed by atoms with E-state index in [2.05, 4.69) is 20.8 Å². The molecule has 0 aromatic heterocycles. The molecule has 0 aliphatic rings. The van der Waals surface area contributed by atoms with Crippen LogP contribution in [0.1, 0.15) is 59.3 Å². The molecule has 2 atom stereocenters. The molecule has 0 rings (SSSR count). The number of hydrogen-bond acceptors (Lipinski definition) is 0. The van der Waals surface area contributed by atoms with Gasteiger partial charge in [0.15, 0.2) is 0 Å². The van der Waals surface area contributed by atoms with Crippen LogP contribution < -0.4 is 0 Å². The first-order valence-corrected chi connectivity index (χ1v) is 5.74. The van der Waals surface area contributed by atoms with Crippen LogP contribution in [0.25, 0.3) is 0 Å². The minimum atomic E-state index is 0.369. The highest BCUT2D eigenvalue weighted by molar-refractivity contribution is 6.20. The van der Waals surface area contributed by atoms with Gasteiger partial charge in [-0.2, -0.15) is 0 Å². The molecule has 0 spiro atoms. The first-order chi connectivity index (χ1) is 5.66. The average molecular weight is 191 g/mol. The van der Waals surface area contributed by atoms with Gasteiger partial charge in [-0.1, -0.05) is 46.0 Å². The summed E-state index contributed by atoms with van der Waals surface area (Å²) in [5.74, 6) is 0.915. The number of unbranched alkanes of at least 4 members (excludes halogenated alkanes) is 2. The van der Waals surface area contributed by atoms with Crippen LogP contribution in [0, 0.1) is 5.92 Å². The van der Waals surface area contributed by atoms with Gasteiger partial charge in [-0.25, -0.2) is 0 Å². The molecule has 0 radical (unpaired) electrons. The van der Waals surface area contributed by atoms with Gasteiger partial charge in [-0.15, -0.1) is 11.6 Å². The Hall–Kier alpha value is 0.290. The fraction of sp³-hybridized carbons (Fsp3) is 1.00. The van der Waals surface area contributed by atoms with Gasteiger partial charge in [0, 0.05) is 5.38 Å². The summed E-state index contributed by atoms with van der Waals surface area (Å²) in [6, 6.07) is 0. The van der Waals surface area contributed by atoms with Crippen molar-refractivity contribution in [2.45, 2.75) is 64.7 Å². The van der Waals surface area contributed by atoms with Crippen molar-refractivity contribution in [2.24, 2.45) is 5.92 Å². The Kier molecular flexibility index (Phi) is 8.11.